The number of hydrogen-bond donors (Lipinski definition) is 6. The number of nitrogens with one attached hydrogen (secondary N) is 4. The van der Waals surface area contributed by atoms with Crippen LogP contribution in [0.3, 0.4) is 0 Å². The molecule has 4 aromatic rings. The fraction of sp³-hybridized carbons (Fsp3) is 0.297. The van der Waals surface area contributed by atoms with Crippen LogP contribution in [0.25, 0.3) is 0 Å². The third kappa shape index (κ3) is 10.9. The molecule has 10 nitrogen and oxygen atoms in total. The van der Waals surface area contributed by atoms with Crippen molar-refractivity contribution in [2.75, 3.05) is 23.8 Å². The molecule has 0 atom stereocenters. The van der Waals surface area contributed by atoms with Crippen molar-refractivity contribution in [2.45, 2.75) is 57.2 Å². The summed E-state index contributed by atoms with van der Waals surface area (Å²) in [4.78, 5) is 35.0. The summed E-state index contributed by atoms with van der Waals surface area (Å²) in [6, 6.07) is 12.7. The second-order valence-electron chi connectivity index (χ2n) is 13.2. The van der Waals surface area contributed by atoms with Crippen LogP contribution in [-0.2, 0) is 9.68 Å². The minimum Gasteiger partial charge on any atom is -0.387 e. The molecule has 2 saturated carbocycles. The van der Waals surface area contributed by atoms with E-state index in [4.69, 9.17) is 32.9 Å². The van der Waals surface area contributed by atoms with Gasteiger partial charge in [-0.25, -0.2) is 28.5 Å². The van der Waals surface area contributed by atoms with E-state index >= 15 is 0 Å². The molecule has 18 heteroatoms. The normalized spacial score (nSPS) is 14.9. The molecule has 2 aliphatic carbocycles. The standard InChI is InChI=1S/C19H18ClF2IN2O3.C18H16ClF2IN2O3/c1-10-7-11(23)3-4-14(10)24-17-12(8-13(20)15(21)16(17)22)18(26)25-28-9-19(27)5-2-6-19;1-9-6-10(22)2-3-13(9)23-16-11(7-12(19)14(20)15(16)21)17(25)24-27-8-18(26)4-5-18/h3-4,7-8,24,27H,2,5-6,9H2,1H3,(H,25,26);2-3,6-7,23,26H,4-5,8H2,1H3,(H,24,25). The van der Waals surface area contributed by atoms with Crippen molar-refractivity contribution >= 4 is 103 Å². The van der Waals surface area contributed by atoms with Gasteiger partial charge >= 0.3 is 0 Å². The van der Waals surface area contributed by atoms with Crippen molar-refractivity contribution in [2.24, 2.45) is 0 Å². The first-order valence-corrected chi connectivity index (χ1v) is 19.5. The van der Waals surface area contributed by atoms with Crippen LogP contribution in [0.2, 0.25) is 10.0 Å². The average Bonchev–Trinajstić information content (AvgIpc) is 3.86. The number of anilines is 4. The van der Waals surface area contributed by atoms with Gasteiger partial charge < -0.3 is 20.8 Å². The molecule has 0 heterocycles. The number of aliphatic hydroxyl groups is 2. The van der Waals surface area contributed by atoms with Crippen molar-refractivity contribution in [1.29, 1.82) is 0 Å². The number of hydroxylamine groups is 2. The number of carbonyl (C=O) groups excluding carboxylic acids is 2. The highest BCUT2D eigenvalue weighted by molar-refractivity contribution is 14.1. The molecule has 0 aliphatic heterocycles. The second-order valence-corrected chi connectivity index (χ2v) is 16.5. The van der Waals surface area contributed by atoms with Crippen LogP contribution in [-0.4, -0.2) is 46.4 Å². The van der Waals surface area contributed by atoms with Crippen LogP contribution in [0, 0.1) is 44.3 Å². The molecule has 0 bridgehead atoms. The summed E-state index contributed by atoms with van der Waals surface area (Å²) in [6.45, 7) is 3.43. The Morgan fingerprint density at radius 2 is 1.05 bits per heavy atom. The van der Waals surface area contributed by atoms with Gasteiger partial charge in [-0.1, -0.05) is 23.2 Å². The van der Waals surface area contributed by atoms with Crippen LogP contribution < -0.4 is 21.6 Å². The van der Waals surface area contributed by atoms with Crippen molar-refractivity contribution in [3.8, 4) is 0 Å². The van der Waals surface area contributed by atoms with E-state index in [0.717, 1.165) is 36.8 Å². The zero-order valence-corrected chi connectivity index (χ0v) is 34.9. The fourth-order valence-electron chi connectivity index (χ4n) is 5.20. The van der Waals surface area contributed by atoms with E-state index < -0.39 is 56.3 Å². The Bertz CT molecular complexity index is 2130. The molecule has 6 rings (SSSR count). The molecule has 0 radical (unpaired) electrons. The van der Waals surface area contributed by atoms with Crippen LogP contribution in [0.15, 0.2) is 48.5 Å². The quantitative estimate of drug-likeness (QED) is 0.0357. The van der Waals surface area contributed by atoms with E-state index in [9.17, 15) is 37.4 Å². The third-order valence-electron chi connectivity index (χ3n) is 8.83. The summed E-state index contributed by atoms with van der Waals surface area (Å²) in [6.07, 6.45) is 3.21. The molecule has 6 N–H and O–H groups in total. The Balaban J connectivity index is 0.000000211. The second kappa shape index (κ2) is 18.1. The van der Waals surface area contributed by atoms with Gasteiger partial charge in [-0.2, -0.15) is 0 Å². The van der Waals surface area contributed by atoms with E-state index in [-0.39, 0.29) is 35.7 Å². The highest BCUT2D eigenvalue weighted by Gasteiger charge is 2.41. The van der Waals surface area contributed by atoms with Gasteiger partial charge in [0, 0.05) is 18.5 Å². The molecule has 0 spiro atoms. The lowest BCUT2D eigenvalue weighted by molar-refractivity contribution is -0.113. The first kappa shape index (κ1) is 43.1. The zero-order valence-electron chi connectivity index (χ0n) is 29.1. The number of halogens is 8. The number of aryl methyl sites for hydroxylation is 2. The number of hydrogen-bond acceptors (Lipinski definition) is 8. The summed E-state index contributed by atoms with van der Waals surface area (Å²) in [5, 5.41) is 24.2. The van der Waals surface area contributed by atoms with Gasteiger partial charge in [0.05, 0.1) is 43.7 Å². The van der Waals surface area contributed by atoms with Gasteiger partial charge in [0.2, 0.25) is 0 Å². The molecule has 294 valence electrons. The van der Waals surface area contributed by atoms with E-state index in [1.165, 1.54) is 0 Å². The largest absolute Gasteiger partial charge is 0.387 e. The molecular weight excluding hydrogens is 997 g/mol. The van der Waals surface area contributed by atoms with Crippen molar-refractivity contribution in [3.63, 3.8) is 0 Å². The van der Waals surface area contributed by atoms with Crippen LogP contribution in [0.4, 0.5) is 40.3 Å². The van der Waals surface area contributed by atoms with Crippen LogP contribution >= 0.6 is 68.4 Å². The first-order chi connectivity index (χ1) is 25.9. The maximum absolute atomic E-state index is 14.6. The number of carbonyl (C=O) groups is 2. The number of amides is 2. The molecule has 0 saturated heterocycles. The molecule has 2 aliphatic rings. The summed E-state index contributed by atoms with van der Waals surface area (Å²) >= 11 is 15.7. The van der Waals surface area contributed by atoms with Gasteiger partial charge in [-0.05, 0) is 151 Å². The minimum absolute atomic E-state index is 0.0882. The summed E-state index contributed by atoms with van der Waals surface area (Å²) in [5.74, 6) is -6.68. The van der Waals surface area contributed by atoms with E-state index in [1.54, 1.807) is 38.1 Å². The van der Waals surface area contributed by atoms with Gasteiger partial charge in [-0.3, -0.25) is 19.3 Å². The predicted molar refractivity (Wildman–Crippen MR) is 217 cm³/mol. The first-order valence-electron chi connectivity index (χ1n) is 16.6. The van der Waals surface area contributed by atoms with Crippen molar-refractivity contribution in [3.05, 3.63) is 111 Å². The molecular formula is C37H34Cl2F4I2N4O6. The Morgan fingerprint density at radius 1 is 0.673 bits per heavy atom. The van der Waals surface area contributed by atoms with Crippen molar-refractivity contribution in [1.82, 2.24) is 11.0 Å². The van der Waals surface area contributed by atoms with Crippen LogP contribution in [0.1, 0.15) is 63.9 Å². The molecule has 2 fully saturated rings. The highest BCUT2D eigenvalue weighted by atomic mass is 127. The molecule has 4 aromatic carbocycles. The van der Waals surface area contributed by atoms with E-state index in [0.29, 0.717) is 37.1 Å². The monoisotopic (exact) mass is 1030 g/mol. The number of rotatable bonds is 12. The third-order valence-corrected chi connectivity index (χ3v) is 10.7. The molecule has 2 amide bonds. The molecule has 0 aromatic heterocycles. The molecule has 0 unspecified atom stereocenters. The summed E-state index contributed by atoms with van der Waals surface area (Å²) in [7, 11) is 0. The minimum atomic E-state index is -1.27. The Labute approximate surface area is 350 Å². The lowest BCUT2D eigenvalue weighted by atomic mass is 9.81. The maximum atomic E-state index is 14.6. The average molecular weight is 1030 g/mol. The van der Waals surface area contributed by atoms with Gasteiger partial charge in [0.25, 0.3) is 11.8 Å². The Hall–Kier alpha value is -2.98. The molecule has 55 heavy (non-hydrogen) atoms. The number of benzene rings is 4. The Kier molecular flexibility index (Phi) is 14.2. The SMILES string of the molecule is Cc1cc(I)ccc1Nc1c(C(=O)NOCC2(O)CC2)cc(Cl)c(F)c1F.Cc1cc(I)ccc1Nc1c(C(=O)NOCC2(O)CCC2)cc(Cl)c(F)c1F. The van der Waals surface area contributed by atoms with Gasteiger partial charge in [0.15, 0.2) is 23.3 Å². The lowest BCUT2D eigenvalue weighted by Crippen LogP contribution is -2.44. The highest BCUT2D eigenvalue weighted by Crippen LogP contribution is 2.36. The summed E-state index contributed by atoms with van der Waals surface area (Å²) in [5.41, 5.74) is 3.85. The lowest BCUT2D eigenvalue weighted by Gasteiger charge is -2.35. The van der Waals surface area contributed by atoms with Crippen LogP contribution in [0.5, 0.6) is 0 Å². The Morgan fingerprint density at radius 3 is 1.38 bits per heavy atom. The fourth-order valence-corrected chi connectivity index (χ4v) is 6.87. The predicted octanol–water partition coefficient (Wildman–Crippen LogP) is 9.31. The van der Waals surface area contributed by atoms with E-state index in [1.807, 2.05) is 12.1 Å². The van der Waals surface area contributed by atoms with E-state index in [2.05, 4.69) is 66.8 Å². The maximum Gasteiger partial charge on any atom is 0.277 e. The van der Waals surface area contributed by atoms with Gasteiger partial charge in [-0.15, -0.1) is 0 Å². The zero-order chi connectivity index (χ0) is 40.2. The van der Waals surface area contributed by atoms with Crippen molar-refractivity contribution < 1.29 is 47.0 Å². The smallest absolute Gasteiger partial charge is 0.277 e. The van der Waals surface area contributed by atoms with Gasteiger partial charge in [0.1, 0.15) is 13.2 Å². The summed E-state index contributed by atoms with van der Waals surface area (Å²) < 4.78 is 59.0. The topological polar surface area (TPSA) is 141 Å².